The minimum atomic E-state index is -4.33. The number of nitrogens with one attached hydrogen (secondary N) is 2. The highest BCUT2D eigenvalue weighted by Gasteiger charge is 2.59. The van der Waals surface area contributed by atoms with E-state index >= 15 is 0 Å². The minimum Gasteiger partial charge on any atom is -0.380 e. The molecule has 7 nitrogen and oxygen atoms in total. The van der Waals surface area contributed by atoms with E-state index in [9.17, 15) is 22.4 Å². The van der Waals surface area contributed by atoms with E-state index in [1.54, 1.807) is 0 Å². The average molecular weight is 560 g/mol. The number of hydrogen-bond acceptors (Lipinski definition) is 6. The van der Waals surface area contributed by atoms with Crippen molar-refractivity contribution in [2.24, 2.45) is 35.0 Å². The summed E-state index contributed by atoms with van der Waals surface area (Å²) in [5.74, 6) is -2.64. The van der Waals surface area contributed by atoms with Crippen LogP contribution < -0.4 is 10.9 Å². The summed E-state index contributed by atoms with van der Waals surface area (Å²) in [6.07, 6.45) is 0.184. The van der Waals surface area contributed by atoms with Gasteiger partial charge in [-0.15, -0.1) is 0 Å². The van der Waals surface area contributed by atoms with E-state index in [0.29, 0.717) is 32.1 Å². The van der Waals surface area contributed by atoms with E-state index in [2.05, 4.69) is 22.8 Å². The van der Waals surface area contributed by atoms with E-state index in [4.69, 9.17) is 4.74 Å². The van der Waals surface area contributed by atoms with Gasteiger partial charge in [-0.2, -0.15) is 13.2 Å². The molecule has 11 heteroatoms. The van der Waals surface area contributed by atoms with E-state index < -0.39 is 35.6 Å². The first-order valence-electron chi connectivity index (χ1n) is 14.9. The standard InChI is InChI=1S/C28H45F4N5O2/c1-26(2)23(29)13-36(26)11-17-7-20-21(22(8-17)28(30,31)32)12-37(25(20)38)19-6-4-5-18(9-19)27(14-39-15-27)10-24-34-33-16-35(24)3/h17-24,33-34H,4-16H2,1-3H3. The number of hydrazine groups is 1. The third-order valence-electron chi connectivity index (χ3n) is 11.5. The van der Waals surface area contributed by atoms with Crippen LogP contribution in [0.4, 0.5) is 17.6 Å². The molecule has 4 heterocycles. The molecular formula is C28H45F4N5O2. The molecule has 8 atom stereocenters. The first-order valence-corrected chi connectivity index (χ1v) is 14.9. The fraction of sp³-hybridized carbons (Fsp3) is 0.964. The lowest BCUT2D eigenvalue weighted by atomic mass is 9.64. The Balaban J connectivity index is 1.15. The van der Waals surface area contributed by atoms with Crippen molar-refractivity contribution < 1.29 is 27.1 Å². The number of amides is 1. The van der Waals surface area contributed by atoms with E-state index in [1.165, 1.54) is 0 Å². The van der Waals surface area contributed by atoms with Crippen molar-refractivity contribution in [3.05, 3.63) is 0 Å². The predicted molar refractivity (Wildman–Crippen MR) is 138 cm³/mol. The second-order valence-electron chi connectivity index (χ2n) is 14.1. The molecule has 6 rings (SSSR count). The van der Waals surface area contributed by atoms with Crippen molar-refractivity contribution in [2.75, 3.05) is 46.6 Å². The predicted octanol–water partition coefficient (Wildman–Crippen LogP) is 3.37. The van der Waals surface area contributed by atoms with Crippen molar-refractivity contribution in [2.45, 2.75) is 88.9 Å². The number of alkyl halides is 4. The maximum absolute atomic E-state index is 14.4. The Kier molecular flexibility index (Phi) is 7.26. The fourth-order valence-electron chi connectivity index (χ4n) is 8.71. The third kappa shape index (κ3) is 4.91. The number of carbonyl (C=O) groups excluding carboxylic acids is 1. The summed E-state index contributed by atoms with van der Waals surface area (Å²) in [5, 5.41) is 0. The van der Waals surface area contributed by atoms with E-state index in [0.717, 1.165) is 38.8 Å². The van der Waals surface area contributed by atoms with Gasteiger partial charge in [0, 0.05) is 42.5 Å². The summed E-state index contributed by atoms with van der Waals surface area (Å²) in [6.45, 7) is 6.75. The molecule has 0 aromatic rings. The highest BCUT2D eigenvalue weighted by Crippen LogP contribution is 2.53. The summed E-state index contributed by atoms with van der Waals surface area (Å²) in [4.78, 5) is 19.9. The van der Waals surface area contributed by atoms with Gasteiger partial charge in [-0.05, 0) is 77.2 Å². The second kappa shape index (κ2) is 10.1. The minimum absolute atomic E-state index is 0.000613. The van der Waals surface area contributed by atoms with Gasteiger partial charge in [0.25, 0.3) is 0 Å². The molecule has 1 amide bonds. The maximum Gasteiger partial charge on any atom is 0.392 e. The summed E-state index contributed by atoms with van der Waals surface area (Å²) in [7, 11) is 2.09. The van der Waals surface area contributed by atoms with Gasteiger partial charge < -0.3 is 9.64 Å². The quantitative estimate of drug-likeness (QED) is 0.487. The molecule has 2 N–H and O–H groups in total. The van der Waals surface area contributed by atoms with Crippen molar-refractivity contribution in [3.63, 3.8) is 0 Å². The maximum atomic E-state index is 14.4. The van der Waals surface area contributed by atoms with Crippen molar-refractivity contribution >= 4 is 5.91 Å². The molecule has 0 bridgehead atoms. The fourth-order valence-corrected chi connectivity index (χ4v) is 8.71. The van der Waals surface area contributed by atoms with Crippen molar-refractivity contribution in [1.29, 1.82) is 0 Å². The van der Waals surface area contributed by atoms with Crippen LogP contribution in [0.15, 0.2) is 0 Å². The van der Waals surface area contributed by atoms with Crippen LogP contribution >= 0.6 is 0 Å². The van der Waals surface area contributed by atoms with Gasteiger partial charge >= 0.3 is 6.18 Å². The Morgan fingerprint density at radius 1 is 1.10 bits per heavy atom. The molecule has 4 saturated heterocycles. The molecule has 8 unspecified atom stereocenters. The average Bonchev–Trinajstić information content (AvgIpc) is 3.42. The highest BCUT2D eigenvalue weighted by molar-refractivity contribution is 5.82. The normalized spacial score (nSPS) is 42.7. The van der Waals surface area contributed by atoms with Crippen LogP contribution in [0.5, 0.6) is 0 Å². The summed E-state index contributed by atoms with van der Waals surface area (Å²) < 4.78 is 62.9. The number of ether oxygens (including phenoxy) is 1. The number of rotatable bonds is 6. The molecule has 6 aliphatic rings. The Morgan fingerprint density at radius 3 is 2.46 bits per heavy atom. The summed E-state index contributed by atoms with van der Waals surface area (Å²) in [6, 6.07) is 0.000613. The molecule has 0 radical (unpaired) electrons. The van der Waals surface area contributed by atoms with Gasteiger partial charge in [-0.3, -0.25) is 14.6 Å². The number of likely N-dealkylation sites (tertiary alicyclic amines) is 2. The van der Waals surface area contributed by atoms with Crippen LogP contribution in [0, 0.1) is 35.0 Å². The molecule has 6 fully saturated rings. The van der Waals surface area contributed by atoms with Gasteiger partial charge in [0.15, 0.2) is 0 Å². The van der Waals surface area contributed by atoms with Gasteiger partial charge in [-0.25, -0.2) is 15.2 Å². The lowest BCUT2D eigenvalue weighted by Crippen LogP contribution is -2.66. The van der Waals surface area contributed by atoms with Crippen LogP contribution in [0.25, 0.3) is 0 Å². The largest absolute Gasteiger partial charge is 0.392 e. The highest BCUT2D eigenvalue weighted by atomic mass is 19.4. The number of carbonyl (C=O) groups is 1. The Morgan fingerprint density at radius 2 is 1.87 bits per heavy atom. The number of halogens is 4. The molecule has 2 saturated carbocycles. The zero-order chi connectivity index (χ0) is 27.7. The van der Waals surface area contributed by atoms with Crippen LogP contribution in [0.2, 0.25) is 0 Å². The monoisotopic (exact) mass is 559 g/mol. The molecule has 0 spiro atoms. The summed E-state index contributed by atoms with van der Waals surface area (Å²) >= 11 is 0. The SMILES string of the molecule is CN1CNNC1CC1(C2CCCC(N3CC4C(CC(CN5CC(F)C5(C)C)CC4C(F)(F)F)C3=O)C2)COC1. The second-order valence-corrected chi connectivity index (χ2v) is 14.1. The van der Waals surface area contributed by atoms with Gasteiger partial charge in [0.2, 0.25) is 5.91 Å². The number of fused-ring (bicyclic) bond motifs is 1. The molecule has 39 heavy (non-hydrogen) atoms. The first kappa shape index (κ1) is 28.1. The van der Waals surface area contributed by atoms with Crippen molar-refractivity contribution in [3.8, 4) is 0 Å². The number of nitrogens with zero attached hydrogens (tertiary/aromatic N) is 3. The molecule has 4 aliphatic heterocycles. The topological polar surface area (TPSA) is 60.1 Å². The third-order valence-corrected chi connectivity index (χ3v) is 11.5. The summed E-state index contributed by atoms with van der Waals surface area (Å²) in [5.41, 5.74) is 5.95. The molecule has 2 aliphatic carbocycles. The van der Waals surface area contributed by atoms with Gasteiger partial charge in [-0.1, -0.05) is 6.42 Å². The zero-order valence-electron chi connectivity index (χ0n) is 23.5. The van der Waals surface area contributed by atoms with Gasteiger partial charge in [0.1, 0.15) is 6.17 Å². The zero-order valence-corrected chi connectivity index (χ0v) is 23.5. The lowest BCUT2D eigenvalue weighted by molar-refractivity contribution is -0.206. The number of hydrogen-bond donors (Lipinski definition) is 2. The molecule has 0 aromatic carbocycles. The Labute approximate surface area is 229 Å². The van der Waals surface area contributed by atoms with Crippen molar-refractivity contribution in [1.82, 2.24) is 25.6 Å². The van der Waals surface area contributed by atoms with Crippen LogP contribution in [-0.4, -0.2) is 97.3 Å². The van der Waals surface area contributed by atoms with Crippen LogP contribution in [0.1, 0.15) is 58.8 Å². The smallest absolute Gasteiger partial charge is 0.380 e. The van der Waals surface area contributed by atoms with Crippen LogP contribution in [0.3, 0.4) is 0 Å². The van der Waals surface area contributed by atoms with E-state index in [-0.39, 0.29) is 49.0 Å². The van der Waals surface area contributed by atoms with Gasteiger partial charge in [0.05, 0.1) is 32.0 Å². The lowest BCUT2D eigenvalue weighted by Gasteiger charge is -2.53. The molecule has 222 valence electrons. The van der Waals surface area contributed by atoms with E-state index in [1.807, 2.05) is 23.6 Å². The first-order chi connectivity index (χ1) is 18.4. The van der Waals surface area contributed by atoms with Crippen LogP contribution in [-0.2, 0) is 9.53 Å². The Hall–Kier alpha value is -1.01. The Bertz CT molecular complexity index is 930. The molecular weight excluding hydrogens is 514 g/mol. The molecule has 0 aromatic heterocycles.